The predicted octanol–water partition coefficient (Wildman–Crippen LogP) is 0.0928. The van der Waals surface area contributed by atoms with Gasteiger partial charge in [-0.15, -0.1) is 0 Å². The summed E-state index contributed by atoms with van der Waals surface area (Å²) >= 11 is 0. The Morgan fingerprint density at radius 1 is 1.56 bits per heavy atom. The average molecular weight is 252 g/mol. The summed E-state index contributed by atoms with van der Waals surface area (Å²) in [5.74, 6) is 0.000300. The molecule has 0 radical (unpaired) electrons. The number of nitrogens with two attached hydrogens (primary N) is 1. The summed E-state index contributed by atoms with van der Waals surface area (Å²) < 4.78 is 7.13. The van der Waals surface area contributed by atoms with E-state index in [0.29, 0.717) is 18.8 Å². The van der Waals surface area contributed by atoms with Crippen LogP contribution in [0.25, 0.3) is 0 Å². The summed E-state index contributed by atoms with van der Waals surface area (Å²) in [5, 5.41) is 0. The molecule has 1 aliphatic rings. The molecule has 1 amide bonds. The maximum Gasteiger partial charge on any atom is 0.274 e. The zero-order valence-electron chi connectivity index (χ0n) is 10.7. The summed E-state index contributed by atoms with van der Waals surface area (Å²) in [7, 11) is 1.72. The molecule has 18 heavy (non-hydrogen) atoms. The van der Waals surface area contributed by atoms with Gasteiger partial charge in [0.05, 0.1) is 12.4 Å². The van der Waals surface area contributed by atoms with Gasteiger partial charge < -0.3 is 19.9 Å². The highest BCUT2D eigenvalue weighted by Crippen LogP contribution is 2.15. The molecule has 2 N–H and O–H groups in total. The summed E-state index contributed by atoms with van der Waals surface area (Å²) in [6, 6.07) is 0. The number of likely N-dealkylation sites (tertiary alicyclic amines) is 1. The van der Waals surface area contributed by atoms with Crippen LogP contribution in [-0.2, 0) is 11.3 Å². The van der Waals surface area contributed by atoms with Crippen molar-refractivity contribution < 1.29 is 9.53 Å². The maximum absolute atomic E-state index is 12.2. The average Bonchev–Trinajstić information content (AvgIpc) is 2.87. The molecule has 1 fully saturated rings. The molecule has 1 aromatic heterocycles. The van der Waals surface area contributed by atoms with Crippen LogP contribution in [0.2, 0.25) is 0 Å². The largest absolute Gasteiger partial charge is 0.381 e. The summed E-state index contributed by atoms with van der Waals surface area (Å²) in [5.41, 5.74) is 5.96. The van der Waals surface area contributed by atoms with E-state index >= 15 is 0 Å². The lowest BCUT2D eigenvalue weighted by molar-refractivity contribution is 0.0348. The fraction of sp³-hybridized carbons (Fsp3) is 0.667. The number of hydrogen-bond acceptors (Lipinski definition) is 4. The molecule has 1 saturated heterocycles. The topological polar surface area (TPSA) is 73.4 Å². The maximum atomic E-state index is 12.2. The van der Waals surface area contributed by atoms with Gasteiger partial charge in [0.25, 0.3) is 5.91 Å². The van der Waals surface area contributed by atoms with E-state index in [1.807, 2.05) is 9.47 Å². The molecule has 6 nitrogen and oxygen atoms in total. The van der Waals surface area contributed by atoms with Crippen molar-refractivity contribution in [3.63, 3.8) is 0 Å². The number of carbonyl (C=O) groups is 1. The Morgan fingerprint density at radius 3 is 2.89 bits per heavy atom. The van der Waals surface area contributed by atoms with E-state index in [1.54, 1.807) is 19.6 Å². The molecule has 2 rings (SSSR count). The minimum absolute atomic E-state index is 0.000300. The van der Waals surface area contributed by atoms with Gasteiger partial charge in [0, 0.05) is 39.5 Å². The van der Waals surface area contributed by atoms with Crippen molar-refractivity contribution in [2.45, 2.75) is 25.5 Å². The predicted molar refractivity (Wildman–Crippen MR) is 67.2 cm³/mol. The molecular formula is C12H20N4O2. The minimum Gasteiger partial charge on any atom is -0.381 e. The molecule has 1 aliphatic heterocycles. The van der Waals surface area contributed by atoms with Crippen LogP contribution in [0.15, 0.2) is 12.5 Å². The van der Waals surface area contributed by atoms with Gasteiger partial charge in [0.15, 0.2) is 0 Å². The third kappa shape index (κ3) is 2.88. The van der Waals surface area contributed by atoms with E-state index in [9.17, 15) is 4.79 Å². The molecule has 0 atom stereocenters. The summed E-state index contributed by atoms with van der Waals surface area (Å²) in [6.07, 6.45) is 5.49. The number of carbonyl (C=O) groups excluding carboxylic acids is 1. The minimum atomic E-state index is 0.000300. The number of hydrogen-bond donors (Lipinski definition) is 1. The molecule has 0 spiro atoms. The van der Waals surface area contributed by atoms with Gasteiger partial charge in [0.1, 0.15) is 5.69 Å². The van der Waals surface area contributed by atoms with Crippen LogP contribution in [0, 0.1) is 0 Å². The molecule has 0 saturated carbocycles. The Morgan fingerprint density at radius 2 is 2.28 bits per heavy atom. The van der Waals surface area contributed by atoms with Crippen LogP contribution in [0.3, 0.4) is 0 Å². The van der Waals surface area contributed by atoms with E-state index in [-0.39, 0.29) is 12.0 Å². The van der Waals surface area contributed by atoms with Gasteiger partial charge in [-0.2, -0.15) is 0 Å². The monoisotopic (exact) mass is 252 g/mol. The smallest absolute Gasteiger partial charge is 0.274 e. The highest BCUT2D eigenvalue weighted by atomic mass is 16.5. The van der Waals surface area contributed by atoms with E-state index in [4.69, 9.17) is 10.5 Å². The molecular weight excluding hydrogens is 232 g/mol. The lowest BCUT2D eigenvalue weighted by atomic mass is 10.1. The lowest BCUT2D eigenvalue weighted by Crippen LogP contribution is -2.40. The Bertz CT molecular complexity index is 397. The van der Waals surface area contributed by atoms with Crippen LogP contribution in [0.4, 0.5) is 0 Å². The fourth-order valence-corrected chi connectivity index (χ4v) is 2.20. The zero-order valence-corrected chi connectivity index (χ0v) is 10.7. The summed E-state index contributed by atoms with van der Waals surface area (Å²) in [4.78, 5) is 18.2. The molecule has 0 aromatic carbocycles. The first-order valence-corrected chi connectivity index (χ1v) is 6.28. The van der Waals surface area contributed by atoms with E-state index < -0.39 is 0 Å². The number of amides is 1. The first-order chi connectivity index (χ1) is 8.74. The Hall–Kier alpha value is -1.40. The number of aromatic nitrogens is 2. The number of rotatable bonds is 4. The van der Waals surface area contributed by atoms with Crippen molar-refractivity contribution in [1.29, 1.82) is 0 Å². The van der Waals surface area contributed by atoms with Gasteiger partial charge >= 0.3 is 0 Å². The second-order valence-corrected chi connectivity index (χ2v) is 4.51. The van der Waals surface area contributed by atoms with E-state index in [0.717, 1.165) is 25.9 Å². The van der Waals surface area contributed by atoms with Gasteiger partial charge in [-0.05, 0) is 12.8 Å². The van der Waals surface area contributed by atoms with Crippen LogP contribution >= 0.6 is 0 Å². The molecule has 2 heterocycles. The third-order valence-electron chi connectivity index (χ3n) is 3.30. The van der Waals surface area contributed by atoms with Crippen molar-refractivity contribution in [2.24, 2.45) is 5.73 Å². The summed E-state index contributed by atoms with van der Waals surface area (Å²) in [6.45, 7) is 2.71. The highest BCUT2D eigenvalue weighted by molar-refractivity contribution is 5.92. The van der Waals surface area contributed by atoms with Crippen LogP contribution < -0.4 is 5.73 Å². The Balaban J connectivity index is 1.94. The van der Waals surface area contributed by atoms with Gasteiger partial charge in [0.2, 0.25) is 0 Å². The second-order valence-electron chi connectivity index (χ2n) is 4.51. The van der Waals surface area contributed by atoms with Gasteiger partial charge in [-0.1, -0.05) is 0 Å². The lowest BCUT2D eigenvalue weighted by Gasteiger charge is -2.30. The third-order valence-corrected chi connectivity index (χ3v) is 3.30. The van der Waals surface area contributed by atoms with Crippen LogP contribution in [0.1, 0.15) is 23.3 Å². The second kappa shape index (κ2) is 5.97. The van der Waals surface area contributed by atoms with Gasteiger partial charge in [-0.3, -0.25) is 4.79 Å². The van der Waals surface area contributed by atoms with E-state index in [2.05, 4.69) is 4.98 Å². The highest BCUT2D eigenvalue weighted by Gasteiger charge is 2.24. The quantitative estimate of drug-likeness (QED) is 0.824. The molecule has 0 unspecified atom stereocenters. The van der Waals surface area contributed by atoms with E-state index in [1.165, 1.54) is 0 Å². The number of ether oxygens (including phenoxy) is 1. The number of methoxy groups -OCH3 is 1. The fourth-order valence-electron chi connectivity index (χ4n) is 2.20. The molecule has 1 aromatic rings. The van der Waals surface area contributed by atoms with Crippen molar-refractivity contribution >= 4 is 5.91 Å². The van der Waals surface area contributed by atoms with Crippen molar-refractivity contribution in [3.05, 3.63) is 18.2 Å². The Labute approximate surface area is 107 Å². The standard InChI is InChI=1S/C12H20N4O2/c1-18-10-2-5-16(6-3-10)12(17)11-8-15(7-4-13)9-14-11/h8-10H,2-7,13H2,1H3. The normalized spacial score (nSPS) is 17.1. The van der Waals surface area contributed by atoms with Crippen LogP contribution in [0.5, 0.6) is 0 Å². The van der Waals surface area contributed by atoms with Gasteiger partial charge in [-0.25, -0.2) is 4.98 Å². The zero-order chi connectivity index (χ0) is 13.0. The first kappa shape index (κ1) is 13.0. The van der Waals surface area contributed by atoms with Crippen LogP contribution in [-0.4, -0.2) is 53.2 Å². The SMILES string of the molecule is COC1CCN(C(=O)c2cn(CCN)cn2)CC1. The van der Waals surface area contributed by atoms with Crippen molar-refractivity contribution in [1.82, 2.24) is 14.5 Å². The number of imidazole rings is 1. The molecule has 6 heteroatoms. The molecule has 0 aliphatic carbocycles. The molecule has 100 valence electrons. The number of piperidine rings is 1. The Kier molecular flexibility index (Phi) is 4.33. The number of nitrogens with zero attached hydrogens (tertiary/aromatic N) is 3. The molecule has 0 bridgehead atoms. The first-order valence-electron chi connectivity index (χ1n) is 6.28. The van der Waals surface area contributed by atoms with Crippen molar-refractivity contribution in [2.75, 3.05) is 26.7 Å². The van der Waals surface area contributed by atoms with Crippen molar-refractivity contribution in [3.8, 4) is 0 Å².